The summed E-state index contributed by atoms with van der Waals surface area (Å²) in [6.45, 7) is 3.65. The largest absolute Gasteiger partial charge is 0.508 e. The van der Waals surface area contributed by atoms with Crippen LogP contribution in [0, 0.1) is 23.2 Å². The molecule has 5 heteroatoms. The third-order valence-corrected chi connectivity index (χ3v) is 13.0. The number of unbranched alkanes of at least 4 members (excludes halogenated alkanes) is 3. The van der Waals surface area contributed by atoms with Crippen LogP contribution in [0.3, 0.4) is 0 Å². The van der Waals surface area contributed by atoms with Crippen molar-refractivity contribution in [1.82, 2.24) is 4.90 Å². The Hall–Kier alpha value is -3.96. The van der Waals surface area contributed by atoms with E-state index in [1.165, 1.54) is 11.1 Å². The molecule has 4 aromatic carbocycles. The predicted molar refractivity (Wildman–Crippen MR) is 208 cm³/mol. The second-order valence-electron chi connectivity index (χ2n) is 16.3. The number of benzene rings is 4. The Morgan fingerprint density at radius 3 is 2.27 bits per heavy atom. The standard InChI is InChI=1S/C47H56FNO3/c1-47-32-42(48)46-40-24-23-39(50)31-38(40)30-37(45(46)41(47)25-26-43(47)51)18-8-2-3-11-27-49(28-12-15-33-13-6-4-7-14-33)44(52)29-34-19-21-36(22-20-34)35-16-9-5-10-17-35/h4-7,9-10,13-14,16-17,19-24,31,37,41-43,45-46,50-51H,2-3,8,11-12,15,18,25-30,32H2,1H3/t37-,41?,42+,43+,45?,46?,47+/m1/s1. The van der Waals surface area contributed by atoms with Gasteiger partial charge in [-0.05, 0) is 120 Å². The average Bonchev–Trinajstić information content (AvgIpc) is 3.45. The average molecular weight is 702 g/mol. The molecular formula is C47H56FNO3. The number of phenols is 1. The van der Waals surface area contributed by atoms with Gasteiger partial charge in [0.05, 0.1) is 12.5 Å². The lowest BCUT2D eigenvalue weighted by atomic mass is 9.51. The summed E-state index contributed by atoms with van der Waals surface area (Å²) in [5.74, 6) is 1.20. The van der Waals surface area contributed by atoms with E-state index in [-0.39, 0.29) is 28.9 Å². The molecule has 2 fully saturated rings. The SMILES string of the molecule is C[C@]12C[C@H](F)C3c4ccc(O)cc4C[C@@H](CCCCCCN(CCCc4ccccc4)C(=O)Cc4ccc(-c5ccccc5)cc4)C3C1CC[C@@H]2O. The molecule has 3 aliphatic rings. The molecule has 4 aromatic rings. The van der Waals surface area contributed by atoms with Crippen LogP contribution in [0.25, 0.3) is 11.1 Å². The van der Waals surface area contributed by atoms with Crippen molar-refractivity contribution in [3.05, 3.63) is 125 Å². The normalized spacial score (nSPS) is 26.3. The summed E-state index contributed by atoms with van der Waals surface area (Å²) in [5, 5.41) is 21.3. The second kappa shape index (κ2) is 16.4. The van der Waals surface area contributed by atoms with E-state index >= 15 is 4.39 Å². The molecule has 0 radical (unpaired) electrons. The van der Waals surface area contributed by atoms with Gasteiger partial charge in [-0.1, -0.05) is 117 Å². The molecular weight excluding hydrogens is 646 g/mol. The fraction of sp³-hybridized carbons (Fsp3) is 0.468. The van der Waals surface area contributed by atoms with Gasteiger partial charge in [0.25, 0.3) is 0 Å². The lowest BCUT2D eigenvalue weighted by Crippen LogP contribution is -2.51. The van der Waals surface area contributed by atoms with E-state index in [1.54, 1.807) is 6.07 Å². The predicted octanol–water partition coefficient (Wildman–Crippen LogP) is 10.1. The maximum atomic E-state index is 16.2. The first kappa shape index (κ1) is 36.4. The molecule has 0 heterocycles. The minimum Gasteiger partial charge on any atom is -0.508 e. The number of halogens is 1. The number of nitrogens with zero attached hydrogens (tertiary/aromatic N) is 1. The molecule has 4 nitrogen and oxygen atoms in total. The van der Waals surface area contributed by atoms with Gasteiger partial charge < -0.3 is 15.1 Å². The number of aliphatic hydroxyl groups is 1. The van der Waals surface area contributed by atoms with Crippen LogP contribution in [-0.2, 0) is 24.1 Å². The highest BCUT2D eigenvalue weighted by Crippen LogP contribution is 2.63. The van der Waals surface area contributed by atoms with E-state index < -0.39 is 12.3 Å². The monoisotopic (exact) mass is 701 g/mol. The summed E-state index contributed by atoms with van der Waals surface area (Å²) in [7, 11) is 0. The summed E-state index contributed by atoms with van der Waals surface area (Å²) >= 11 is 0. The number of rotatable bonds is 14. The number of amides is 1. The minimum absolute atomic E-state index is 0.150. The van der Waals surface area contributed by atoms with Gasteiger partial charge >= 0.3 is 0 Å². The number of alkyl halides is 1. The van der Waals surface area contributed by atoms with Crippen molar-refractivity contribution in [2.45, 2.75) is 102 Å². The number of fused-ring (bicyclic) bond motifs is 5. The summed E-state index contributed by atoms with van der Waals surface area (Å²) in [5.41, 5.74) is 6.52. The summed E-state index contributed by atoms with van der Waals surface area (Å²) in [4.78, 5) is 15.8. The molecule has 2 saturated carbocycles. The fourth-order valence-corrected chi connectivity index (χ4v) is 10.3. The van der Waals surface area contributed by atoms with Crippen molar-refractivity contribution in [2.75, 3.05) is 13.1 Å². The van der Waals surface area contributed by atoms with Crippen LogP contribution in [0.4, 0.5) is 4.39 Å². The van der Waals surface area contributed by atoms with Gasteiger partial charge in [-0.25, -0.2) is 4.39 Å². The molecule has 0 bridgehead atoms. The van der Waals surface area contributed by atoms with Gasteiger partial charge in [0.2, 0.25) is 5.91 Å². The molecule has 0 spiro atoms. The molecule has 1 amide bonds. The van der Waals surface area contributed by atoms with Crippen LogP contribution < -0.4 is 0 Å². The number of hydrogen-bond donors (Lipinski definition) is 2. The highest BCUT2D eigenvalue weighted by atomic mass is 19.1. The number of aliphatic hydroxyl groups excluding tert-OH is 1. The van der Waals surface area contributed by atoms with E-state index in [0.717, 1.165) is 99.6 Å². The van der Waals surface area contributed by atoms with Crippen LogP contribution >= 0.6 is 0 Å². The maximum Gasteiger partial charge on any atom is 0.226 e. The molecule has 0 saturated heterocycles. The van der Waals surface area contributed by atoms with Crippen molar-refractivity contribution in [3.8, 4) is 16.9 Å². The Morgan fingerprint density at radius 2 is 1.50 bits per heavy atom. The maximum absolute atomic E-state index is 16.2. The minimum atomic E-state index is -0.975. The van der Waals surface area contributed by atoms with Gasteiger partial charge in [-0.2, -0.15) is 0 Å². The van der Waals surface area contributed by atoms with E-state index in [0.29, 0.717) is 24.7 Å². The smallest absolute Gasteiger partial charge is 0.226 e. The third kappa shape index (κ3) is 8.00. The molecule has 2 N–H and O–H groups in total. The Balaban J connectivity index is 0.954. The lowest BCUT2D eigenvalue weighted by molar-refractivity contribution is -0.130. The molecule has 3 aliphatic carbocycles. The van der Waals surface area contributed by atoms with E-state index in [1.807, 2.05) is 36.4 Å². The molecule has 3 unspecified atom stereocenters. The number of carbonyl (C=O) groups excluding carboxylic acids is 1. The van der Waals surface area contributed by atoms with Crippen molar-refractivity contribution >= 4 is 5.91 Å². The Morgan fingerprint density at radius 1 is 0.808 bits per heavy atom. The topological polar surface area (TPSA) is 60.8 Å². The van der Waals surface area contributed by atoms with Gasteiger partial charge in [-0.3, -0.25) is 4.79 Å². The Kier molecular flexibility index (Phi) is 11.5. The molecule has 52 heavy (non-hydrogen) atoms. The van der Waals surface area contributed by atoms with Crippen LogP contribution in [0.5, 0.6) is 5.75 Å². The van der Waals surface area contributed by atoms with Crippen LogP contribution in [-0.4, -0.2) is 46.4 Å². The number of phenolic OH excluding ortho intramolecular Hbond substituents is 1. The van der Waals surface area contributed by atoms with Gasteiger partial charge in [0.15, 0.2) is 0 Å². The van der Waals surface area contributed by atoms with Crippen molar-refractivity contribution < 1.29 is 19.4 Å². The number of aromatic hydroxyl groups is 1. The number of hydrogen-bond acceptors (Lipinski definition) is 3. The highest BCUT2D eigenvalue weighted by molar-refractivity contribution is 5.79. The summed E-state index contributed by atoms with van der Waals surface area (Å²) in [6.07, 6.45) is 9.15. The second-order valence-corrected chi connectivity index (χ2v) is 16.3. The zero-order valence-electron chi connectivity index (χ0n) is 30.8. The Bertz CT molecular complexity index is 1760. The molecule has 0 aliphatic heterocycles. The van der Waals surface area contributed by atoms with Crippen molar-refractivity contribution in [1.29, 1.82) is 0 Å². The first-order chi connectivity index (χ1) is 25.3. The Labute approximate surface area is 310 Å². The molecule has 274 valence electrons. The van der Waals surface area contributed by atoms with Gasteiger partial charge in [0.1, 0.15) is 11.9 Å². The third-order valence-electron chi connectivity index (χ3n) is 13.0. The van der Waals surface area contributed by atoms with E-state index in [9.17, 15) is 15.0 Å². The zero-order chi connectivity index (χ0) is 36.1. The van der Waals surface area contributed by atoms with Gasteiger partial charge in [-0.15, -0.1) is 0 Å². The number of carbonyl (C=O) groups is 1. The lowest BCUT2D eigenvalue weighted by Gasteiger charge is -2.54. The first-order valence-corrected chi connectivity index (χ1v) is 19.9. The quantitative estimate of drug-likeness (QED) is 0.129. The zero-order valence-corrected chi connectivity index (χ0v) is 30.8. The van der Waals surface area contributed by atoms with Crippen molar-refractivity contribution in [2.24, 2.45) is 23.2 Å². The fourth-order valence-electron chi connectivity index (χ4n) is 10.3. The molecule has 7 rings (SSSR count). The summed E-state index contributed by atoms with van der Waals surface area (Å²) in [6, 6.07) is 34.8. The van der Waals surface area contributed by atoms with E-state index in [2.05, 4.69) is 72.5 Å². The first-order valence-electron chi connectivity index (χ1n) is 19.9. The van der Waals surface area contributed by atoms with Gasteiger partial charge in [0, 0.05) is 19.0 Å². The molecule has 7 atom stereocenters. The number of aryl methyl sites for hydroxylation is 1. The van der Waals surface area contributed by atoms with E-state index in [4.69, 9.17) is 0 Å². The molecule has 0 aromatic heterocycles. The van der Waals surface area contributed by atoms with Crippen LogP contribution in [0.15, 0.2) is 103 Å². The van der Waals surface area contributed by atoms with Crippen molar-refractivity contribution in [3.63, 3.8) is 0 Å². The highest BCUT2D eigenvalue weighted by Gasteiger charge is 2.59. The van der Waals surface area contributed by atoms with Crippen LogP contribution in [0.1, 0.15) is 92.9 Å². The van der Waals surface area contributed by atoms with Crippen LogP contribution in [0.2, 0.25) is 0 Å². The summed E-state index contributed by atoms with van der Waals surface area (Å²) < 4.78 is 16.2.